The minimum Gasteiger partial charge on any atom is -0.364 e. The van der Waals surface area contributed by atoms with E-state index in [-0.39, 0.29) is 18.0 Å². The zero-order chi connectivity index (χ0) is 9.84. The molecule has 6 heteroatoms. The predicted octanol–water partition coefficient (Wildman–Crippen LogP) is -1.05. The van der Waals surface area contributed by atoms with Crippen LogP contribution in [0.5, 0.6) is 0 Å². The molecule has 0 aliphatic rings. The summed E-state index contributed by atoms with van der Waals surface area (Å²) in [5.74, 6) is -0.676. The van der Waals surface area contributed by atoms with Crippen molar-refractivity contribution in [3.8, 4) is 0 Å². The number of carbonyl (C=O) groups excluding carboxylic acids is 1. The summed E-state index contributed by atoms with van der Waals surface area (Å²) in [6.45, 7) is -0.0000463. The molecular formula is C7H9N3O3. The van der Waals surface area contributed by atoms with Gasteiger partial charge in [-0.3, -0.25) is 9.59 Å². The molecule has 0 atom stereocenters. The molecule has 0 unspecified atom stereocenters. The molecule has 0 bridgehead atoms. The Bertz CT molecular complexity index is 371. The van der Waals surface area contributed by atoms with Crippen molar-refractivity contribution in [3.63, 3.8) is 0 Å². The van der Waals surface area contributed by atoms with Gasteiger partial charge in [0.05, 0.1) is 0 Å². The van der Waals surface area contributed by atoms with Gasteiger partial charge in [-0.25, -0.2) is 4.68 Å². The first kappa shape index (κ1) is 9.40. The number of hydrogen-bond donors (Lipinski definition) is 1. The number of ether oxygens (including phenoxy) is 1. The molecule has 0 saturated carbocycles. The third-order valence-corrected chi connectivity index (χ3v) is 1.37. The molecule has 1 aromatic heterocycles. The molecule has 1 aromatic rings. The number of primary amides is 1. The maximum absolute atomic E-state index is 11.1. The molecule has 1 rings (SSSR count). The Labute approximate surface area is 73.9 Å². The minimum atomic E-state index is -0.676. The molecule has 13 heavy (non-hydrogen) atoms. The zero-order valence-corrected chi connectivity index (χ0v) is 7.06. The molecule has 0 fully saturated rings. The van der Waals surface area contributed by atoms with E-state index < -0.39 is 5.91 Å². The molecule has 0 spiro atoms. The van der Waals surface area contributed by atoms with Crippen LogP contribution in [0.2, 0.25) is 0 Å². The summed E-state index contributed by atoms with van der Waals surface area (Å²) in [5.41, 5.74) is 4.67. The van der Waals surface area contributed by atoms with Crippen molar-refractivity contribution < 1.29 is 9.53 Å². The minimum absolute atomic E-state index is 0.0000463. The van der Waals surface area contributed by atoms with Gasteiger partial charge in [0.1, 0.15) is 12.4 Å². The summed E-state index contributed by atoms with van der Waals surface area (Å²) in [6, 6.07) is 2.49. The summed E-state index contributed by atoms with van der Waals surface area (Å²) < 4.78 is 5.71. The third-order valence-electron chi connectivity index (χ3n) is 1.37. The van der Waals surface area contributed by atoms with Crippen LogP contribution in [0, 0.1) is 0 Å². The van der Waals surface area contributed by atoms with Crippen LogP contribution >= 0.6 is 0 Å². The number of hydrogen-bond acceptors (Lipinski definition) is 4. The van der Waals surface area contributed by atoms with E-state index in [1.165, 1.54) is 19.2 Å². The first-order valence-corrected chi connectivity index (χ1v) is 3.52. The van der Waals surface area contributed by atoms with Gasteiger partial charge in [0.15, 0.2) is 0 Å². The standard InChI is InChI=1S/C7H9N3O3/c1-13-4-10-6(11)3-2-5(9-10)7(8)12/h2-3H,4H2,1H3,(H2,8,12). The topological polar surface area (TPSA) is 87.2 Å². The Morgan fingerprint density at radius 3 is 2.92 bits per heavy atom. The summed E-state index contributed by atoms with van der Waals surface area (Å²) in [4.78, 5) is 21.7. The number of nitrogens with zero attached hydrogens (tertiary/aromatic N) is 2. The zero-order valence-electron chi connectivity index (χ0n) is 7.06. The monoisotopic (exact) mass is 183 g/mol. The van der Waals surface area contributed by atoms with Crippen LogP contribution in [0.4, 0.5) is 0 Å². The van der Waals surface area contributed by atoms with E-state index >= 15 is 0 Å². The van der Waals surface area contributed by atoms with Gasteiger partial charge in [-0.15, -0.1) is 0 Å². The van der Waals surface area contributed by atoms with Gasteiger partial charge in [0.25, 0.3) is 11.5 Å². The maximum atomic E-state index is 11.1. The molecule has 0 aromatic carbocycles. The highest BCUT2D eigenvalue weighted by Gasteiger charge is 2.04. The Morgan fingerprint density at radius 1 is 1.69 bits per heavy atom. The highest BCUT2D eigenvalue weighted by molar-refractivity contribution is 5.90. The Kier molecular flexibility index (Phi) is 2.76. The summed E-state index contributed by atoms with van der Waals surface area (Å²) in [5, 5.41) is 3.67. The number of aromatic nitrogens is 2. The molecular weight excluding hydrogens is 174 g/mol. The van der Waals surface area contributed by atoms with Gasteiger partial charge in [-0.2, -0.15) is 5.10 Å². The van der Waals surface area contributed by atoms with Crippen LogP contribution in [0.25, 0.3) is 0 Å². The summed E-state index contributed by atoms with van der Waals surface area (Å²) in [7, 11) is 1.42. The summed E-state index contributed by atoms with van der Waals surface area (Å²) >= 11 is 0. The van der Waals surface area contributed by atoms with Gasteiger partial charge in [-0.1, -0.05) is 0 Å². The maximum Gasteiger partial charge on any atom is 0.269 e. The normalized spacial score (nSPS) is 9.92. The number of nitrogens with two attached hydrogens (primary N) is 1. The summed E-state index contributed by atoms with van der Waals surface area (Å²) in [6.07, 6.45) is 0. The van der Waals surface area contributed by atoms with Gasteiger partial charge < -0.3 is 10.5 Å². The molecule has 1 heterocycles. The fourth-order valence-corrected chi connectivity index (χ4v) is 0.795. The van der Waals surface area contributed by atoms with Gasteiger partial charge in [0, 0.05) is 13.2 Å². The third kappa shape index (κ3) is 2.12. The molecule has 70 valence electrons. The van der Waals surface area contributed by atoms with Crippen LogP contribution in [-0.4, -0.2) is 22.8 Å². The van der Waals surface area contributed by atoms with E-state index in [1.807, 2.05) is 0 Å². The van der Waals surface area contributed by atoms with Gasteiger partial charge in [-0.05, 0) is 6.07 Å². The number of carbonyl (C=O) groups is 1. The number of amides is 1. The SMILES string of the molecule is COCn1nc(C(N)=O)ccc1=O. The highest BCUT2D eigenvalue weighted by atomic mass is 16.5. The van der Waals surface area contributed by atoms with Crippen LogP contribution < -0.4 is 11.3 Å². The molecule has 0 radical (unpaired) electrons. The fraction of sp³-hybridized carbons (Fsp3) is 0.286. The van der Waals surface area contributed by atoms with Crippen LogP contribution in [0.15, 0.2) is 16.9 Å². The van der Waals surface area contributed by atoms with Crippen molar-refractivity contribution in [2.75, 3.05) is 7.11 Å². The van der Waals surface area contributed by atoms with E-state index in [0.29, 0.717) is 0 Å². The van der Waals surface area contributed by atoms with Crippen LogP contribution in [-0.2, 0) is 11.5 Å². The Hall–Kier alpha value is -1.69. The highest BCUT2D eigenvalue weighted by Crippen LogP contribution is 1.87. The van der Waals surface area contributed by atoms with E-state index in [4.69, 9.17) is 10.5 Å². The average Bonchev–Trinajstić information content (AvgIpc) is 2.08. The van der Waals surface area contributed by atoms with Gasteiger partial charge in [0.2, 0.25) is 0 Å². The van der Waals surface area contributed by atoms with Crippen molar-refractivity contribution in [2.45, 2.75) is 6.73 Å². The van der Waals surface area contributed by atoms with Crippen LogP contribution in [0.1, 0.15) is 10.5 Å². The number of methoxy groups -OCH3 is 1. The predicted molar refractivity (Wildman–Crippen MR) is 44.0 cm³/mol. The average molecular weight is 183 g/mol. The largest absolute Gasteiger partial charge is 0.364 e. The Morgan fingerprint density at radius 2 is 2.38 bits per heavy atom. The smallest absolute Gasteiger partial charge is 0.269 e. The molecule has 1 amide bonds. The molecule has 6 nitrogen and oxygen atoms in total. The second-order valence-electron chi connectivity index (χ2n) is 2.34. The molecule has 0 saturated heterocycles. The molecule has 0 aliphatic heterocycles. The molecule has 0 aliphatic carbocycles. The lowest BCUT2D eigenvalue weighted by Gasteiger charge is -2.02. The fourth-order valence-electron chi connectivity index (χ4n) is 0.795. The quantitative estimate of drug-likeness (QED) is 0.647. The van der Waals surface area contributed by atoms with E-state index in [9.17, 15) is 9.59 Å². The number of rotatable bonds is 3. The second kappa shape index (κ2) is 3.81. The van der Waals surface area contributed by atoms with Crippen LogP contribution in [0.3, 0.4) is 0 Å². The lowest BCUT2D eigenvalue weighted by atomic mass is 10.4. The Balaban J connectivity index is 3.11. The van der Waals surface area contributed by atoms with Crippen molar-refractivity contribution in [1.29, 1.82) is 0 Å². The lowest BCUT2D eigenvalue weighted by molar-refractivity contribution is 0.0976. The van der Waals surface area contributed by atoms with Crippen molar-refractivity contribution in [3.05, 3.63) is 28.2 Å². The van der Waals surface area contributed by atoms with Gasteiger partial charge >= 0.3 is 0 Å². The lowest BCUT2D eigenvalue weighted by Crippen LogP contribution is -2.26. The van der Waals surface area contributed by atoms with E-state index in [1.54, 1.807) is 0 Å². The van der Waals surface area contributed by atoms with Crippen molar-refractivity contribution in [2.24, 2.45) is 5.73 Å². The second-order valence-corrected chi connectivity index (χ2v) is 2.34. The van der Waals surface area contributed by atoms with Crippen molar-refractivity contribution >= 4 is 5.91 Å². The first-order chi connectivity index (χ1) is 6.15. The first-order valence-electron chi connectivity index (χ1n) is 3.52. The van der Waals surface area contributed by atoms with E-state index in [2.05, 4.69) is 5.10 Å². The van der Waals surface area contributed by atoms with E-state index in [0.717, 1.165) is 4.68 Å². The molecule has 2 N–H and O–H groups in total. The van der Waals surface area contributed by atoms with Crippen molar-refractivity contribution in [1.82, 2.24) is 9.78 Å².